The molecular weight excluding hydrogens is 106 g/mol. The molecule has 0 bridgehead atoms. The molecule has 0 aromatic heterocycles. The summed E-state index contributed by atoms with van der Waals surface area (Å²) >= 11 is 0. The van der Waals surface area contributed by atoms with Crippen molar-refractivity contribution in [2.45, 2.75) is 18.9 Å². The standard InChI is InChI=1S/C5H6NO2/c7-3-4-1-2-5(8)6-4/h3-4H,1-2H2/t4-/m1/s1. The highest BCUT2D eigenvalue weighted by Crippen LogP contribution is 2.04. The average Bonchev–Trinajstić information content (AvgIpc) is 2.14. The smallest absolute Gasteiger partial charge is 0.241 e. The van der Waals surface area contributed by atoms with Gasteiger partial charge in [0.2, 0.25) is 5.91 Å². The van der Waals surface area contributed by atoms with Crippen LogP contribution in [0.4, 0.5) is 0 Å². The summed E-state index contributed by atoms with van der Waals surface area (Å²) in [5, 5.41) is 3.50. The Bertz CT molecular complexity index is 122. The number of aldehydes is 1. The van der Waals surface area contributed by atoms with E-state index < -0.39 is 0 Å². The minimum absolute atomic E-state index is 0.137. The Hall–Kier alpha value is -0.860. The molecule has 0 N–H and O–H groups in total. The highest BCUT2D eigenvalue weighted by molar-refractivity contribution is 5.82. The van der Waals surface area contributed by atoms with E-state index in [4.69, 9.17) is 0 Å². The summed E-state index contributed by atoms with van der Waals surface area (Å²) in [6, 6.07) is -0.331. The predicted octanol–water partition coefficient (Wildman–Crippen LogP) is -0.521. The minimum atomic E-state index is -0.331. The van der Waals surface area contributed by atoms with Gasteiger partial charge >= 0.3 is 0 Å². The van der Waals surface area contributed by atoms with Crippen molar-refractivity contribution < 1.29 is 9.59 Å². The number of rotatable bonds is 1. The van der Waals surface area contributed by atoms with Gasteiger partial charge in [-0.15, -0.1) is 0 Å². The Balaban J connectivity index is 2.43. The second-order valence-corrected chi connectivity index (χ2v) is 1.76. The van der Waals surface area contributed by atoms with E-state index in [-0.39, 0.29) is 11.9 Å². The number of amides is 1. The van der Waals surface area contributed by atoms with E-state index >= 15 is 0 Å². The summed E-state index contributed by atoms with van der Waals surface area (Å²) in [6.07, 6.45) is 1.77. The summed E-state index contributed by atoms with van der Waals surface area (Å²) in [4.78, 5) is 20.2. The fourth-order valence-corrected chi connectivity index (χ4v) is 0.684. The highest BCUT2D eigenvalue weighted by atomic mass is 16.2. The lowest BCUT2D eigenvalue weighted by Crippen LogP contribution is -2.18. The van der Waals surface area contributed by atoms with Crippen LogP contribution >= 0.6 is 0 Å². The summed E-state index contributed by atoms with van der Waals surface area (Å²) in [6.45, 7) is 0. The van der Waals surface area contributed by atoms with Crippen molar-refractivity contribution in [3.05, 3.63) is 0 Å². The molecule has 1 saturated heterocycles. The van der Waals surface area contributed by atoms with Crippen LogP contribution in [0.2, 0.25) is 0 Å². The van der Waals surface area contributed by atoms with E-state index in [2.05, 4.69) is 5.32 Å². The molecule has 43 valence electrons. The van der Waals surface area contributed by atoms with E-state index in [0.29, 0.717) is 19.1 Å². The maximum atomic E-state index is 10.3. The molecule has 0 saturated carbocycles. The first-order valence-corrected chi connectivity index (χ1v) is 2.52. The maximum absolute atomic E-state index is 10.3. The molecule has 8 heavy (non-hydrogen) atoms. The number of nitrogens with zero attached hydrogens (tertiary/aromatic N) is 1. The van der Waals surface area contributed by atoms with Gasteiger partial charge in [-0.05, 0) is 6.42 Å². The Morgan fingerprint density at radius 2 is 2.50 bits per heavy atom. The van der Waals surface area contributed by atoms with Crippen LogP contribution in [0.5, 0.6) is 0 Å². The maximum Gasteiger partial charge on any atom is 0.241 e. The third kappa shape index (κ3) is 0.857. The molecule has 3 heteroatoms. The number of hydrogen-bond acceptors (Lipinski definition) is 2. The molecule has 0 spiro atoms. The fourth-order valence-electron chi connectivity index (χ4n) is 0.684. The molecule has 0 aromatic rings. The van der Waals surface area contributed by atoms with Crippen molar-refractivity contribution in [3.63, 3.8) is 0 Å². The van der Waals surface area contributed by atoms with Crippen molar-refractivity contribution in [2.75, 3.05) is 0 Å². The van der Waals surface area contributed by atoms with Crippen LogP contribution in [0.25, 0.3) is 0 Å². The van der Waals surface area contributed by atoms with Gasteiger partial charge in [0.1, 0.15) is 12.3 Å². The molecule has 1 amide bonds. The quantitative estimate of drug-likeness (QED) is 0.428. The Morgan fingerprint density at radius 3 is 2.75 bits per heavy atom. The lowest BCUT2D eigenvalue weighted by Gasteiger charge is -1.90. The van der Waals surface area contributed by atoms with Crippen LogP contribution in [0.3, 0.4) is 0 Å². The summed E-state index contributed by atoms with van der Waals surface area (Å²) in [5.41, 5.74) is 0. The van der Waals surface area contributed by atoms with Crippen LogP contribution in [-0.4, -0.2) is 18.2 Å². The topological polar surface area (TPSA) is 48.2 Å². The lowest BCUT2D eigenvalue weighted by atomic mass is 10.2. The summed E-state index contributed by atoms with van der Waals surface area (Å²) in [5.74, 6) is -0.137. The third-order valence-corrected chi connectivity index (χ3v) is 1.12. The van der Waals surface area contributed by atoms with Crippen molar-refractivity contribution in [1.29, 1.82) is 0 Å². The third-order valence-electron chi connectivity index (χ3n) is 1.12. The van der Waals surface area contributed by atoms with E-state index in [1.54, 1.807) is 0 Å². The van der Waals surface area contributed by atoms with Gasteiger partial charge < -0.3 is 4.79 Å². The molecule has 1 aliphatic rings. The van der Waals surface area contributed by atoms with Gasteiger partial charge in [-0.25, -0.2) is 5.32 Å². The number of hydrogen-bond donors (Lipinski definition) is 0. The fraction of sp³-hybridized carbons (Fsp3) is 0.600. The van der Waals surface area contributed by atoms with Crippen LogP contribution < -0.4 is 5.32 Å². The highest BCUT2D eigenvalue weighted by Gasteiger charge is 2.21. The van der Waals surface area contributed by atoms with Crippen LogP contribution in [-0.2, 0) is 9.59 Å². The average molecular weight is 112 g/mol. The monoisotopic (exact) mass is 112 g/mol. The van der Waals surface area contributed by atoms with Gasteiger partial charge in [-0.3, -0.25) is 4.79 Å². The van der Waals surface area contributed by atoms with Crippen LogP contribution in [0.15, 0.2) is 0 Å². The van der Waals surface area contributed by atoms with E-state index in [9.17, 15) is 9.59 Å². The molecule has 1 atom stereocenters. The van der Waals surface area contributed by atoms with Gasteiger partial charge in [0.25, 0.3) is 0 Å². The molecule has 0 aliphatic carbocycles. The zero-order chi connectivity index (χ0) is 5.98. The van der Waals surface area contributed by atoms with Crippen LogP contribution in [0.1, 0.15) is 12.8 Å². The molecule has 0 unspecified atom stereocenters. The molecule has 1 aliphatic heterocycles. The minimum Gasteiger partial charge on any atom is -0.301 e. The molecule has 1 heterocycles. The number of carbonyl (C=O) groups is 2. The second kappa shape index (κ2) is 1.94. The zero-order valence-corrected chi connectivity index (χ0v) is 4.33. The number of carbonyl (C=O) groups excluding carboxylic acids is 2. The predicted molar refractivity (Wildman–Crippen MR) is 26.2 cm³/mol. The van der Waals surface area contributed by atoms with Gasteiger partial charge in [0.05, 0.1) is 0 Å². The van der Waals surface area contributed by atoms with Crippen molar-refractivity contribution in [2.24, 2.45) is 0 Å². The molecule has 1 fully saturated rings. The van der Waals surface area contributed by atoms with Crippen LogP contribution in [0, 0.1) is 0 Å². The summed E-state index contributed by atoms with van der Waals surface area (Å²) in [7, 11) is 0. The largest absolute Gasteiger partial charge is 0.301 e. The van der Waals surface area contributed by atoms with Gasteiger partial charge in [0, 0.05) is 6.42 Å². The molecular formula is C5H6NO2. The first-order valence-electron chi connectivity index (χ1n) is 2.52. The SMILES string of the molecule is O=C[C@H]1CCC(=O)[N]1. The van der Waals surface area contributed by atoms with Crippen molar-refractivity contribution in [1.82, 2.24) is 5.32 Å². The van der Waals surface area contributed by atoms with E-state index in [0.717, 1.165) is 0 Å². The molecule has 0 aromatic carbocycles. The lowest BCUT2D eigenvalue weighted by molar-refractivity contribution is -0.121. The second-order valence-electron chi connectivity index (χ2n) is 1.76. The Kier molecular flexibility index (Phi) is 1.28. The van der Waals surface area contributed by atoms with Crippen molar-refractivity contribution >= 4 is 12.2 Å². The van der Waals surface area contributed by atoms with Gasteiger partial charge in [-0.1, -0.05) is 0 Å². The molecule has 1 radical (unpaired) electrons. The van der Waals surface area contributed by atoms with Crippen molar-refractivity contribution in [3.8, 4) is 0 Å². The summed E-state index contributed by atoms with van der Waals surface area (Å²) < 4.78 is 0. The van der Waals surface area contributed by atoms with Gasteiger partial charge in [0.15, 0.2) is 0 Å². The zero-order valence-electron chi connectivity index (χ0n) is 4.33. The Labute approximate surface area is 47.1 Å². The first-order chi connectivity index (χ1) is 3.83. The molecule has 1 rings (SSSR count). The van der Waals surface area contributed by atoms with Gasteiger partial charge in [-0.2, -0.15) is 0 Å². The van der Waals surface area contributed by atoms with E-state index in [1.165, 1.54) is 0 Å². The Morgan fingerprint density at radius 1 is 1.75 bits per heavy atom. The first kappa shape index (κ1) is 5.28. The normalized spacial score (nSPS) is 27.5. The van der Waals surface area contributed by atoms with E-state index in [1.807, 2.05) is 0 Å². The molecule has 3 nitrogen and oxygen atoms in total.